The van der Waals surface area contributed by atoms with Crippen LogP contribution in [0.2, 0.25) is 0 Å². The molecule has 1 aromatic heterocycles. The number of aromatic hydroxyl groups is 1. The third-order valence-corrected chi connectivity index (χ3v) is 8.80. The van der Waals surface area contributed by atoms with E-state index < -0.39 is 81.4 Å². The maximum atomic E-state index is 14.0. The standard InChI is InChI=1S/C30H28N2O9/c1-11-17-13(16-10-12-6-4-5-7-15(12)41-16)8-9-14(33)19(17)24(34)20-18(11)25(35)22-23(32(2)3)26(36)21(29(31)39)28(38)30(22,40)27(20)37/h4-11,18,22-23,25,33,35-37,40H,1-3H3,(H2,31,39)/t11-,18+,22+,23-,25-,30-/m0/s1. The van der Waals surface area contributed by atoms with Gasteiger partial charge in [0.2, 0.25) is 5.78 Å². The second-order valence-corrected chi connectivity index (χ2v) is 11.1. The Morgan fingerprint density at radius 3 is 2.39 bits per heavy atom. The fourth-order valence-corrected chi connectivity index (χ4v) is 7.03. The topological polar surface area (TPSA) is 195 Å². The number of ketones is 2. The molecule has 3 aliphatic carbocycles. The van der Waals surface area contributed by atoms with Gasteiger partial charge in [0.25, 0.3) is 5.91 Å². The SMILES string of the molecule is C[C@H]1c2c(-c3cc4ccccc4o3)ccc(O)c2C(=O)C2=C(O)[C@]3(O)C(=O)C(C(N)=O)=C(O)[C@@H](N(C)C)[C@@H]3[C@@H](O)[C@@H]21. The molecule has 11 heteroatoms. The highest BCUT2D eigenvalue weighted by Gasteiger charge is 2.67. The van der Waals surface area contributed by atoms with Crippen molar-refractivity contribution in [2.75, 3.05) is 14.1 Å². The Balaban J connectivity index is 1.62. The summed E-state index contributed by atoms with van der Waals surface area (Å²) in [6.45, 7) is 1.68. The molecule has 0 saturated carbocycles. The molecule has 11 nitrogen and oxygen atoms in total. The Morgan fingerprint density at radius 2 is 1.76 bits per heavy atom. The minimum atomic E-state index is -2.96. The molecule has 0 spiro atoms. The van der Waals surface area contributed by atoms with E-state index in [-0.39, 0.29) is 5.56 Å². The number of carbonyl (C=O) groups is 3. The van der Waals surface area contributed by atoms with Crippen molar-refractivity contribution in [3.8, 4) is 17.1 Å². The predicted molar refractivity (Wildman–Crippen MR) is 145 cm³/mol. The number of likely N-dealkylation sites (N-methyl/N-ethyl adjacent to an activating group) is 1. The number of nitrogens with zero attached hydrogens (tertiary/aromatic N) is 1. The first-order valence-electron chi connectivity index (χ1n) is 13.0. The molecule has 6 rings (SSSR count). The van der Waals surface area contributed by atoms with E-state index in [4.69, 9.17) is 10.2 Å². The number of phenolic OH excluding ortho intramolecular Hbond substituents is 1. The van der Waals surface area contributed by atoms with Crippen molar-refractivity contribution < 1.29 is 44.3 Å². The van der Waals surface area contributed by atoms with Gasteiger partial charge >= 0.3 is 0 Å². The van der Waals surface area contributed by atoms with Gasteiger partial charge in [-0.1, -0.05) is 25.1 Å². The Hall–Kier alpha value is -4.45. The van der Waals surface area contributed by atoms with Gasteiger partial charge in [0, 0.05) is 22.4 Å². The lowest BCUT2D eigenvalue weighted by molar-refractivity contribution is -0.162. The number of hydrogen-bond donors (Lipinski definition) is 6. The molecule has 1 heterocycles. The number of benzene rings is 2. The number of hydrogen-bond acceptors (Lipinski definition) is 10. The van der Waals surface area contributed by atoms with E-state index in [0.717, 1.165) is 5.39 Å². The van der Waals surface area contributed by atoms with Crippen LogP contribution in [0.4, 0.5) is 0 Å². The van der Waals surface area contributed by atoms with Gasteiger partial charge in [-0.25, -0.2) is 0 Å². The number of furan rings is 1. The summed E-state index contributed by atoms with van der Waals surface area (Å²) in [5.41, 5.74) is 2.24. The summed E-state index contributed by atoms with van der Waals surface area (Å²) < 4.78 is 6.05. The van der Waals surface area contributed by atoms with Crippen molar-refractivity contribution in [3.05, 3.63) is 76.3 Å². The fourth-order valence-electron chi connectivity index (χ4n) is 7.03. The Bertz CT molecular complexity index is 1720. The molecule has 3 aliphatic rings. The summed E-state index contributed by atoms with van der Waals surface area (Å²) >= 11 is 0. The molecule has 2 aromatic carbocycles. The first-order chi connectivity index (χ1) is 19.3. The van der Waals surface area contributed by atoms with E-state index in [1.165, 1.54) is 25.1 Å². The Morgan fingerprint density at radius 1 is 1.07 bits per heavy atom. The number of rotatable bonds is 3. The van der Waals surface area contributed by atoms with Crippen LogP contribution in [0.1, 0.15) is 28.8 Å². The number of phenols is 1. The Kier molecular flexibility index (Phi) is 5.73. The third kappa shape index (κ3) is 3.33. The summed E-state index contributed by atoms with van der Waals surface area (Å²) in [4.78, 5) is 41.1. The number of primary amides is 1. The summed E-state index contributed by atoms with van der Waals surface area (Å²) in [5, 5.41) is 57.8. The molecule has 0 saturated heterocycles. The van der Waals surface area contributed by atoms with Crippen molar-refractivity contribution in [3.63, 3.8) is 0 Å². The largest absolute Gasteiger partial charge is 0.510 e. The normalized spacial score (nSPS) is 29.6. The Labute approximate surface area is 233 Å². The number of aliphatic hydroxyl groups excluding tert-OH is 3. The van der Waals surface area contributed by atoms with Crippen LogP contribution < -0.4 is 5.73 Å². The van der Waals surface area contributed by atoms with Crippen LogP contribution in [-0.4, -0.2) is 79.7 Å². The molecule has 3 aromatic rings. The van der Waals surface area contributed by atoms with E-state index in [2.05, 4.69) is 0 Å². The molecule has 0 aliphatic heterocycles. The minimum Gasteiger partial charge on any atom is -0.510 e. The van der Waals surface area contributed by atoms with Crippen LogP contribution in [0.3, 0.4) is 0 Å². The monoisotopic (exact) mass is 560 g/mol. The van der Waals surface area contributed by atoms with Gasteiger partial charge in [-0.15, -0.1) is 0 Å². The summed E-state index contributed by atoms with van der Waals surface area (Å²) in [5.74, 6) is -9.03. The fraction of sp³-hybridized carbons (Fsp3) is 0.300. The van der Waals surface area contributed by atoms with E-state index in [1.807, 2.05) is 18.2 Å². The molecule has 6 atom stereocenters. The minimum absolute atomic E-state index is 0.177. The maximum absolute atomic E-state index is 14.0. The van der Waals surface area contributed by atoms with Gasteiger partial charge in [0.1, 0.15) is 34.2 Å². The second kappa shape index (κ2) is 8.77. The van der Waals surface area contributed by atoms with E-state index in [9.17, 15) is 39.9 Å². The van der Waals surface area contributed by atoms with Crippen LogP contribution in [-0.2, 0) is 9.59 Å². The molecule has 7 N–H and O–H groups in total. The van der Waals surface area contributed by atoms with Crippen molar-refractivity contribution in [2.45, 2.75) is 30.6 Å². The zero-order valence-corrected chi connectivity index (χ0v) is 22.3. The van der Waals surface area contributed by atoms with Gasteiger partial charge in [0.05, 0.1) is 23.6 Å². The van der Waals surface area contributed by atoms with Crippen molar-refractivity contribution in [1.29, 1.82) is 0 Å². The number of Topliss-reactive ketones (excluding diaryl/α,β-unsaturated/α-hetero) is 2. The van der Waals surface area contributed by atoms with Gasteiger partial charge in [-0.05, 0) is 49.8 Å². The summed E-state index contributed by atoms with van der Waals surface area (Å²) in [6, 6.07) is 10.7. The molecular weight excluding hydrogens is 532 g/mol. The van der Waals surface area contributed by atoms with Gasteiger partial charge < -0.3 is 35.7 Å². The molecule has 212 valence electrons. The number of fused-ring (bicyclic) bond motifs is 4. The van der Waals surface area contributed by atoms with E-state index >= 15 is 0 Å². The number of nitrogens with two attached hydrogens (primary N) is 1. The first kappa shape index (κ1) is 26.8. The number of para-hydroxylation sites is 1. The molecule has 0 unspecified atom stereocenters. The number of amides is 1. The van der Waals surface area contributed by atoms with Gasteiger partial charge in [-0.3, -0.25) is 19.3 Å². The predicted octanol–water partition coefficient (Wildman–Crippen LogP) is 2.07. The molecule has 0 bridgehead atoms. The lowest BCUT2D eigenvalue weighted by Gasteiger charge is -2.53. The summed E-state index contributed by atoms with van der Waals surface area (Å²) in [7, 11) is 2.97. The average Bonchev–Trinajstić information content (AvgIpc) is 3.34. The highest BCUT2D eigenvalue weighted by molar-refractivity contribution is 6.25. The number of carbonyl (C=O) groups excluding carboxylic acids is 3. The second-order valence-electron chi connectivity index (χ2n) is 11.1. The quantitative estimate of drug-likeness (QED) is 0.258. The average molecular weight is 561 g/mol. The first-order valence-corrected chi connectivity index (χ1v) is 13.0. The van der Waals surface area contributed by atoms with Crippen molar-refractivity contribution in [2.24, 2.45) is 17.6 Å². The number of aliphatic hydroxyl groups is 4. The lowest BCUT2D eigenvalue weighted by Crippen LogP contribution is -2.68. The van der Waals surface area contributed by atoms with E-state index in [0.29, 0.717) is 22.5 Å². The molecule has 0 radical (unpaired) electrons. The smallest absolute Gasteiger partial charge is 0.255 e. The van der Waals surface area contributed by atoms with Crippen LogP contribution in [0, 0.1) is 11.8 Å². The highest BCUT2D eigenvalue weighted by atomic mass is 16.4. The van der Waals surface area contributed by atoms with Crippen LogP contribution in [0.25, 0.3) is 22.3 Å². The molecule has 1 amide bonds. The molecule has 41 heavy (non-hydrogen) atoms. The van der Waals surface area contributed by atoms with E-state index in [1.54, 1.807) is 25.1 Å². The van der Waals surface area contributed by atoms with Crippen molar-refractivity contribution >= 4 is 28.4 Å². The summed E-state index contributed by atoms with van der Waals surface area (Å²) in [6.07, 6.45) is -1.68. The zero-order valence-electron chi connectivity index (χ0n) is 22.3. The third-order valence-electron chi connectivity index (χ3n) is 8.80. The lowest BCUT2D eigenvalue weighted by atomic mass is 9.55. The van der Waals surface area contributed by atoms with Gasteiger partial charge in [0.15, 0.2) is 11.4 Å². The van der Waals surface area contributed by atoms with Crippen LogP contribution in [0.5, 0.6) is 5.75 Å². The molecular formula is C30H28N2O9. The van der Waals surface area contributed by atoms with Gasteiger partial charge in [-0.2, -0.15) is 0 Å². The molecule has 0 fully saturated rings. The van der Waals surface area contributed by atoms with Crippen LogP contribution in [0.15, 0.2) is 69.5 Å². The maximum Gasteiger partial charge on any atom is 0.255 e. The van der Waals surface area contributed by atoms with Crippen molar-refractivity contribution in [1.82, 2.24) is 4.90 Å². The highest BCUT2D eigenvalue weighted by Crippen LogP contribution is 2.56. The van der Waals surface area contributed by atoms with Crippen LogP contribution >= 0.6 is 0 Å². The zero-order chi connectivity index (χ0) is 29.7.